The van der Waals surface area contributed by atoms with Gasteiger partial charge in [0.25, 0.3) is 0 Å². The zero-order valence-corrected chi connectivity index (χ0v) is 16.3. The fourth-order valence-electron chi connectivity index (χ4n) is 3.39. The van der Waals surface area contributed by atoms with Crippen molar-refractivity contribution in [2.75, 3.05) is 33.9 Å². The minimum Gasteiger partial charge on any atom is -0.493 e. The molecule has 1 aromatic carbocycles. The highest BCUT2D eigenvalue weighted by molar-refractivity contribution is 7.10. The molecule has 5 nitrogen and oxygen atoms in total. The summed E-state index contributed by atoms with van der Waals surface area (Å²) < 4.78 is 48.0. The summed E-state index contributed by atoms with van der Waals surface area (Å²) in [6.07, 6.45) is -3.77. The molecule has 0 aliphatic carbocycles. The molecule has 1 N–H and O–H groups in total. The van der Waals surface area contributed by atoms with Gasteiger partial charge in [-0.25, -0.2) is 0 Å². The van der Waals surface area contributed by atoms with Crippen LogP contribution in [0.1, 0.15) is 22.0 Å². The molecule has 0 saturated heterocycles. The summed E-state index contributed by atoms with van der Waals surface area (Å²) >= 11 is 1.54. The Labute approximate surface area is 165 Å². The van der Waals surface area contributed by atoms with E-state index in [1.807, 2.05) is 39.9 Å². The second-order valence-electron chi connectivity index (χ2n) is 6.44. The number of ether oxygens (including phenoxy) is 2. The number of carbonyl (C=O) groups excluding carboxylic acids is 1. The number of fused-ring (bicyclic) bond motifs is 1. The lowest BCUT2D eigenvalue weighted by molar-refractivity contribution is -0.139. The lowest BCUT2D eigenvalue weighted by Crippen LogP contribution is -2.44. The van der Waals surface area contributed by atoms with Crippen LogP contribution in [-0.2, 0) is 11.2 Å². The number of thiophene rings is 1. The van der Waals surface area contributed by atoms with Crippen molar-refractivity contribution in [1.29, 1.82) is 0 Å². The van der Waals surface area contributed by atoms with Gasteiger partial charge in [0.2, 0.25) is 5.91 Å². The molecule has 3 rings (SSSR count). The zero-order chi connectivity index (χ0) is 20.3. The van der Waals surface area contributed by atoms with Gasteiger partial charge in [-0.1, -0.05) is 6.07 Å². The summed E-state index contributed by atoms with van der Waals surface area (Å²) in [5, 5.41) is 3.89. The first-order valence-electron chi connectivity index (χ1n) is 8.68. The predicted octanol–water partition coefficient (Wildman–Crippen LogP) is 3.39. The molecule has 2 heterocycles. The van der Waals surface area contributed by atoms with Crippen molar-refractivity contribution in [3.05, 3.63) is 45.6 Å². The van der Waals surface area contributed by atoms with Crippen molar-refractivity contribution in [3.8, 4) is 11.5 Å². The molecule has 28 heavy (non-hydrogen) atoms. The quantitative estimate of drug-likeness (QED) is 0.787. The Morgan fingerprint density at radius 3 is 2.61 bits per heavy atom. The second kappa shape index (κ2) is 8.40. The number of hydrogen-bond acceptors (Lipinski definition) is 5. The lowest BCUT2D eigenvalue weighted by Gasteiger charge is -2.37. The fraction of sp³-hybridized carbons (Fsp3) is 0.421. The van der Waals surface area contributed by atoms with Crippen LogP contribution in [0.4, 0.5) is 13.2 Å². The Kier molecular flexibility index (Phi) is 6.14. The molecule has 1 atom stereocenters. The van der Waals surface area contributed by atoms with Crippen LogP contribution in [0.3, 0.4) is 0 Å². The molecule has 1 unspecified atom stereocenters. The Morgan fingerprint density at radius 2 is 2.00 bits per heavy atom. The smallest absolute Gasteiger partial charge is 0.405 e. The van der Waals surface area contributed by atoms with Crippen LogP contribution in [0.5, 0.6) is 11.5 Å². The van der Waals surface area contributed by atoms with Gasteiger partial charge in [-0.15, -0.1) is 11.3 Å². The molecular weight excluding hydrogens is 393 g/mol. The van der Waals surface area contributed by atoms with E-state index in [2.05, 4.69) is 0 Å². The minimum absolute atomic E-state index is 0.119. The van der Waals surface area contributed by atoms with Crippen LogP contribution in [-0.4, -0.2) is 50.8 Å². The first-order chi connectivity index (χ1) is 13.3. The van der Waals surface area contributed by atoms with Crippen LogP contribution >= 0.6 is 11.3 Å². The van der Waals surface area contributed by atoms with E-state index in [0.29, 0.717) is 24.5 Å². The first-order valence-corrected chi connectivity index (χ1v) is 9.56. The number of rotatable bonds is 6. The molecule has 0 bridgehead atoms. The molecule has 1 aromatic heterocycles. The van der Waals surface area contributed by atoms with Crippen LogP contribution < -0.4 is 14.8 Å². The van der Waals surface area contributed by atoms with E-state index in [0.717, 1.165) is 16.0 Å². The van der Waals surface area contributed by atoms with Gasteiger partial charge >= 0.3 is 6.18 Å². The van der Waals surface area contributed by atoms with E-state index in [-0.39, 0.29) is 12.6 Å². The largest absolute Gasteiger partial charge is 0.493 e. The number of halogens is 3. The van der Waals surface area contributed by atoms with E-state index >= 15 is 0 Å². The molecule has 2 aromatic rings. The van der Waals surface area contributed by atoms with E-state index < -0.39 is 18.6 Å². The van der Waals surface area contributed by atoms with Crippen molar-refractivity contribution in [2.45, 2.75) is 18.6 Å². The standard InChI is InChI=1S/C19H21F3N2O3S/c1-26-14-8-12-5-6-24(10-17(25)23-11-19(20,21)22)18(16-4-3-7-28-16)13(12)9-15(14)27-2/h3-4,7-9,18H,5-6,10-11H2,1-2H3,(H,23,25). The SMILES string of the molecule is COc1cc2c(cc1OC)C(c1cccs1)N(CC(=O)NCC(F)(F)F)CC2. The number of alkyl halides is 3. The number of carbonyl (C=O) groups is 1. The molecule has 1 aliphatic heterocycles. The minimum atomic E-state index is -4.43. The summed E-state index contributed by atoms with van der Waals surface area (Å²) in [6, 6.07) is 7.45. The molecule has 0 spiro atoms. The summed E-state index contributed by atoms with van der Waals surface area (Å²) in [5.41, 5.74) is 2.04. The summed E-state index contributed by atoms with van der Waals surface area (Å²) in [7, 11) is 3.12. The molecule has 1 aliphatic rings. The van der Waals surface area contributed by atoms with Crippen LogP contribution in [0.15, 0.2) is 29.6 Å². The Morgan fingerprint density at radius 1 is 1.29 bits per heavy atom. The highest BCUT2D eigenvalue weighted by Crippen LogP contribution is 2.42. The summed E-state index contributed by atoms with van der Waals surface area (Å²) in [4.78, 5) is 15.0. The number of nitrogens with zero attached hydrogens (tertiary/aromatic N) is 1. The van der Waals surface area contributed by atoms with Gasteiger partial charge in [0.15, 0.2) is 11.5 Å². The van der Waals surface area contributed by atoms with E-state index in [4.69, 9.17) is 9.47 Å². The Balaban J connectivity index is 1.90. The zero-order valence-electron chi connectivity index (χ0n) is 15.5. The van der Waals surface area contributed by atoms with E-state index in [1.54, 1.807) is 14.2 Å². The van der Waals surface area contributed by atoms with Crippen molar-refractivity contribution in [3.63, 3.8) is 0 Å². The van der Waals surface area contributed by atoms with Gasteiger partial charge in [0.05, 0.1) is 26.8 Å². The summed E-state index contributed by atoms with van der Waals surface area (Å²) in [5.74, 6) is 0.552. The van der Waals surface area contributed by atoms with Gasteiger partial charge < -0.3 is 14.8 Å². The van der Waals surface area contributed by atoms with E-state index in [9.17, 15) is 18.0 Å². The van der Waals surface area contributed by atoms with Gasteiger partial charge in [-0.3, -0.25) is 9.69 Å². The molecule has 1 amide bonds. The predicted molar refractivity (Wildman–Crippen MR) is 100 cm³/mol. The van der Waals surface area contributed by atoms with Crippen LogP contribution in [0.25, 0.3) is 0 Å². The lowest BCUT2D eigenvalue weighted by atomic mass is 9.91. The molecule has 0 saturated carbocycles. The topological polar surface area (TPSA) is 50.8 Å². The monoisotopic (exact) mass is 414 g/mol. The van der Waals surface area contributed by atoms with Gasteiger partial charge in [0.1, 0.15) is 6.54 Å². The third-order valence-electron chi connectivity index (χ3n) is 4.62. The third kappa shape index (κ3) is 4.59. The maximum atomic E-state index is 12.4. The average molecular weight is 414 g/mol. The van der Waals surface area contributed by atoms with Crippen molar-refractivity contribution < 1.29 is 27.4 Å². The highest BCUT2D eigenvalue weighted by atomic mass is 32.1. The van der Waals surface area contributed by atoms with Crippen LogP contribution in [0.2, 0.25) is 0 Å². The maximum absolute atomic E-state index is 12.4. The van der Waals surface area contributed by atoms with Gasteiger partial charge in [0, 0.05) is 11.4 Å². The maximum Gasteiger partial charge on any atom is 0.405 e. The molecule has 0 fully saturated rings. The van der Waals surface area contributed by atoms with Gasteiger partial charge in [-0.05, 0) is 41.1 Å². The second-order valence-corrected chi connectivity index (χ2v) is 7.42. The third-order valence-corrected chi connectivity index (χ3v) is 5.54. The number of nitrogens with one attached hydrogen (secondary N) is 1. The van der Waals surface area contributed by atoms with Crippen molar-refractivity contribution in [2.24, 2.45) is 0 Å². The fourth-order valence-corrected chi connectivity index (χ4v) is 4.26. The molecule has 0 radical (unpaired) electrons. The van der Waals surface area contributed by atoms with Gasteiger partial charge in [-0.2, -0.15) is 13.2 Å². The van der Waals surface area contributed by atoms with Crippen molar-refractivity contribution >= 4 is 17.2 Å². The average Bonchev–Trinajstić information content (AvgIpc) is 3.18. The van der Waals surface area contributed by atoms with Crippen LogP contribution in [0, 0.1) is 0 Å². The summed E-state index contributed by atoms with van der Waals surface area (Å²) in [6.45, 7) is -0.901. The number of amides is 1. The highest BCUT2D eigenvalue weighted by Gasteiger charge is 2.33. The molecule has 9 heteroatoms. The number of benzene rings is 1. The Hall–Kier alpha value is -2.26. The molecule has 152 valence electrons. The molecular formula is C19H21F3N2O3S. The van der Waals surface area contributed by atoms with Crippen molar-refractivity contribution in [1.82, 2.24) is 10.2 Å². The normalized spacial score (nSPS) is 17.1. The number of hydrogen-bond donors (Lipinski definition) is 1. The number of methoxy groups -OCH3 is 2. The Bertz CT molecular complexity index is 825. The van der Waals surface area contributed by atoms with E-state index in [1.165, 1.54) is 11.3 Å². The first kappa shape index (κ1) is 20.5.